The Balaban J connectivity index is 2.57. The molecule has 1 saturated heterocycles. The van der Waals surface area contributed by atoms with Gasteiger partial charge in [-0.15, -0.1) is 0 Å². The molecule has 0 aromatic rings. The van der Waals surface area contributed by atoms with Gasteiger partial charge in [-0.3, -0.25) is 4.79 Å². The minimum atomic E-state index is -0.978. The highest BCUT2D eigenvalue weighted by Gasteiger charge is 2.28. The van der Waals surface area contributed by atoms with Crippen molar-refractivity contribution in [3.05, 3.63) is 12.2 Å². The molecule has 0 aliphatic carbocycles. The van der Waals surface area contributed by atoms with Crippen molar-refractivity contribution < 1.29 is 14.6 Å². The number of cyclic esters (lactones) is 1. The third-order valence-electron chi connectivity index (χ3n) is 1.89. The van der Waals surface area contributed by atoms with E-state index >= 15 is 0 Å². The van der Waals surface area contributed by atoms with Gasteiger partial charge >= 0.3 is 5.97 Å². The van der Waals surface area contributed by atoms with Gasteiger partial charge in [0.15, 0.2) is 0 Å². The predicted molar refractivity (Wildman–Crippen MR) is 39.6 cm³/mol. The van der Waals surface area contributed by atoms with E-state index in [9.17, 15) is 9.90 Å². The van der Waals surface area contributed by atoms with Crippen molar-refractivity contribution >= 4 is 5.97 Å². The second-order valence-electron chi connectivity index (χ2n) is 2.87. The second kappa shape index (κ2) is 3.05. The standard InChI is InChI=1S/C8H12O3/c1-5(2)6-3-4-7(9)11-8(6)10/h6,8,10H,1,3-4H2,2H3. The van der Waals surface area contributed by atoms with Crippen molar-refractivity contribution in [2.24, 2.45) is 5.92 Å². The molecule has 0 aromatic carbocycles. The summed E-state index contributed by atoms with van der Waals surface area (Å²) in [5.41, 5.74) is 0.866. The normalized spacial score (nSPS) is 31.3. The fourth-order valence-electron chi connectivity index (χ4n) is 1.18. The van der Waals surface area contributed by atoms with Crippen molar-refractivity contribution in [2.45, 2.75) is 26.1 Å². The highest BCUT2D eigenvalue weighted by atomic mass is 16.6. The van der Waals surface area contributed by atoms with Gasteiger partial charge in [0.25, 0.3) is 0 Å². The van der Waals surface area contributed by atoms with Crippen LogP contribution in [0.3, 0.4) is 0 Å². The summed E-state index contributed by atoms with van der Waals surface area (Å²) in [5, 5.41) is 9.21. The molecule has 2 atom stereocenters. The smallest absolute Gasteiger partial charge is 0.308 e. The molecule has 1 aliphatic rings. The second-order valence-corrected chi connectivity index (χ2v) is 2.87. The Bertz CT molecular complexity index is 186. The largest absolute Gasteiger partial charge is 0.435 e. The van der Waals surface area contributed by atoms with Crippen LogP contribution < -0.4 is 0 Å². The minimum absolute atomic E-state index is 0.0762. The molecule has 3 nitrogen and oxygen atoms in total. The van der Waals surface area contributed by atoms with Gasteiger partial charge in [0.1, 0.15) is 0 Å². The van der Waals surface area contributed by atoms with Crippen molar-refractivity contribution in [3.8, 4) is 0 Å². The summed E-state index contributed by atoms with van der Waals surface area (Å²) in [7, 11) is 0. The summed E-state index contributed by atoms with van der Waals surface area (Å²) in [6, 6.07) is 0. The molecule has 1 rings (SSSR count). The minimum Gasteiger partial charge on any atom is -0.435 e. The zero-order chi connectivity index (χ0) is 8.43. The van der Waals surface area contributed by atoms with Crippen LogP contribution >= 0.6 is 0 Å². The SMILES string of the molecule is C=C(C)C1CCC(=O)OC1O. The van der Waals surface area contributed by atoms with Crippen molar-refractivity contribution in [1.82, 2.24) is 0 Å². The van der Waals surface area contributed by atoms with Gasteiger partial charge in [-0.2, -0.15) is 0 Å². The van der Waals surface area contributed by atoms with E-state index in [4.69, 9.17) is 0 Å². The zero-order valence-electron chi connectivity index (χ0n) is 6.54. The topological polar surface area (TPSA) is 46.5 Å². The van der Waals surface area contributed by atoms with Crippen molar-refractivity contribution in [3.63, 3.8) is 0 Å². The lowest BCUT2D eigenvalue weighted by Gasteiger charge is -2.27. The van der Waals surface area contributed by atoms with Crippen LogP contribution in [0.25, 0.3) is 0 Å². The Morgan fingerprint density at radius 3 is 2.91 bits per heavy atom. The number of aliphatic hydroxyl groups excluding tert-OH is 1. The number of carbonyl (C=O) groups is 1. The molecule has 1 heterocycles. The molecule has 2 unspecified atom stereocenters. The first-order valence-electron chi connectivity index (χ1n) is 3.64. The maximum absolute atomic E-state index is 10.6. The highest BCUT2D eigenvalue weighted by Crippen LogP contribution is 2.25. The van der Waals surface area contributed by atoms with Crippen LogP contribution in [0, 0.1) is 5.92 Å². The summed E-state index contributed by atoms with van der Waals surface area (Å²) in [4.78, 5) is 10.6. The van der Waals surface area contributed by atoms with E-state index in [2.05, 4.69) is 11.3 Å². The lowest BCUT2D eigenvalue weighted by molar-refractivity contribution is -0.184. The van der Waals surface area contributed by atoms with Crippen LogP contribution in [0.1, 0.15) is 19.8 Å². The fourth-order valence-corrected chi connectivity index (χ4v) is 1.18. The molecule has 1 fully saturated rings. The first kappa shape index (κ1) is 8.27. The molecular weight excluding hydrogens is 144 g/mol. The molecule has 62 valence electrons. The number of hydrogen-bond donors (Lipinski definition) is 1. The van der Waals surface area contributed by atoms with E-state index < -0.39 is 6.29 Å². The summed E-state index contributed by atoms with van der Waals surface area (Å²) in [5.74, 6) is -0.400. The Morgan fingerprint density at radius 1 is 1.82 bits per heavy atom. The molecule has 0 amide bonds. The van der Waals surface area contributed by atoms with Crippen molar-refractivity contribution in [2.75, 3.05) is 0 Å². The molecule has 11 heavy (non-hydrogen) atoms. The molecule has 1 N–H and O–H groups in total. The molecule has 0 radical (unpaired) electrons. The van der Waals surface area contributed by atoms with Gasteiger partial charge in [-0.25, -0.2) is 0 Å². The number of hydrogen-bond acceptors (Lipinski definition) is 3. The van der Waals surface area contributed by atoms with Gasteiger partial charge in [0.05, 0.1) is 0 Å². The van der Waals surface area contributed by atoms with Gasteiger partial charge in [-0.05, 0) is 13.3 Å². The summed E-state index contributed by atoms with van der Waals surface area (Å²) >= 11 is 0. The predicted octanol–water partition coefficient (Wildman–Crippen LogP) is 0.834. The zero-order valence-corrected chi connectivity index (χ0v) is 6.54. The third kappa shape index (κ3) is 1.80. The van der Waals surface area contributed by atoms with Crippen LogP contribution in [0.2, 0.25) is 0 Å². The lowest BCUT2D eigenvalue weighted by atomic mass is 9.94. The Hall–Kier alpha value is -0.830. The van der Waals surface area contributed by atoms with Crippen LogP contribution in [-0.2, 0) is 9.53 Å². The first-order chi connectivity index (χ1) is 5.11. The third-order valence-corrected chi connectivity index (χ3v) is 1.89. The maximum atomic E-state index is 10.6. The Kier molecular flexibility index (Phi) is 2.29. The quantitative estimate of drug-likeness (QED) is 0.452. The van der Waals surface area contributed by atoms with Crippen molar-refractivity contribution in [1.29, 1.82) is 0 Å². The average molecular weight is 156 g/mol. The Labute approximate surface area is 65.7 Å². The Morgan fingerprint density at radius 2 is 2.45 bits per heavy atom. The number of esters is 1. The molecule has 0 aromatic heterocycles. The van der Waals surface area contributed by atoms with Gasteiger partial charge in [0, 0.05) is 12.3 Å². The number of ether oxygens (including phenoxy) is 1. The van der Waals surface area contributed by atoms with E-state index in [0.29, 0.717) is 12.8 Å². The summed E-state index contributed by atoms with van der Waals surface area (Å²) in [6.07, 6.45) is 0.0537. The number of aliphatic hydroxyl groups is 1. The summed E-state index contributed by atoms with van der Waals surface area (Å²) in [6.45, 7) is 5.53. The molecule has 0 bridgehead atoms. The van der Waals surface area contributed by atoms with E-state index in [-0.39, 0.29) is 11.9 Å². The van der Waals surface area contributed by atoms with E-state index in [1.165, 1.54) is 0 Å². The molecular formula is C8H12O3. The van der Waals surface area contributed by atoms with Crippen LogP contribution in [0.4, 0.5) is 0 Å². The van der Waals surface area contributed by atoms with Gasteiger partial charge in [0.2, 0.25) is 6.29 Å². The number of rotatable bonds is 1. The first-order valence-corrected chi connectivity index (χ1v) is 3.64. The maximum Gasteiger partial charge on any atom is 0.308 e. The average Bonchev–Trinajstić information content (AvgIpc) is 1.85. The van der Waals surface area contributed by atoms with Crippen LogP contribution in [0.15, 0.2) is 12.2 Å². The monoisotopic (exact) mass is 156 g/mol. The molecule has 3 heteroatoms. The molecule has 1 aliphatic heterocycles. The molecule has 0 spiro atoms. The molecule has 0 saturated carbocycles. The van der Waals surface area contributed by atoms with E-state index in [0.717, 1.165) is 5.57 Å². The van der Waals surface area contributed by atoms with Gasteiger partial charge < -0.3 is 9.84 Å². The summed E-state index contributed by atoms with van der Waals surface area (Å²) < 4.78 is 4.62. The van der Waals surface area contributed by atoms with Crippen LogP contribution in [0.5, 0.6) is 0 Å². The highest BCUT2D eigenvalue weighted by molar-refractivity contribution is 5.70. The lowest BCUT2D eigenvalue weighted by Crippen LogP contribution is -2.32. The number of carbonyl (C=O) groups excluding carboxylic acids is 1. The van der Waals surface area contributed by atoms with Gasteiger partial charge in [-0.1, -0.05) is 12.2 Å². The van der Waals surface area contributed by atoms with E-state index in [1.54, 1.807) is 0 Å². The van der Waals surface area contributed by atoms with Crippen LogP contribution in [-0.4, -0.2) is 17.4 Å². The fraction of sp³-hybridized carbons (Fsp3) is 0.625. The van der Waals surface area contributed by atoms with E-state index in [1.807, 2.05) is 6.92 Å².